The summed E-state index contributed by atoms with van der Waals surface area (Å²) in [6, 6.07) is 10.4. The van der Waals surface area contributed by atoms with Crippen molar-refractivity contribution in [3.63, 3.8) is 0 Å². The van der Waals surface area contributed by atoms with E-state index >= 15 is 0 Å². The molecule has 2 heterocycles. The van der Waals surface area contributed by atoms with Crippen LogP contribution in [-0.2, 0) is 6.42 Å². The number of aromatic nitrogens is 2. The summed E-state index contributed by atoms with van der Waals surface area (Å²) in [6.07, 6.45) is 0.975. The van der Waals surface area contributed by atoms with Gasteiger partial charge in [0.05, 0.1) is 0 Å². The summed E-state index contributed by atoms with van der Waals surface area (Å²) in [6.45, 7) is 9.87. The van der Waals surface area contributed by atoms with Gasteiger partial charge in [-0.25, -0.2) is 9.97 Å². The highest BCUT2D eigenvalue weighted by Gasteiger charge is 2.29. The Kier molecular flexibility index (Phi) is 4.03. The second-order valence-corrected chi connectivity index (χ2v) is 7.41. The number of carbonyl (C=O) groups is 1. The van der Waals surface area contributed by atoms with Gasteiger partial charge in [0.15, 0.2) is 0 Å². The van der Waals surface area contributed by atoms with E-state index in [0.29, 0.717) is 17.6 Å². The first-order valence-corrected chi connectivity index (χ1v) is 8.30. The van der Waals surface area contributed by atoms with Crippen molar-refractivity contribution in [2.75, 3.05) is 4.90 Å². The quantitative estimate of drug-likeness (QED) is 0.920. The Morgan fingerprint density at radius 2 is 1.96 bits per heavy atom. The van der Waals surface area contributed by atoms with Crippen molar-refractivity contribution in [3.8, 4) is 0 Å². The average Bonchev–Trinajstić information content (AvgIpc) is 2.80. The van der Waals surface area contributed by atoms with Crippen molar-refractivity contribution in [2.45, 2.75) is 52.6 Å². The van der Waals surface area contributed by atoms with Gasteiger partial charge in [-0.05, 0) is 52.7 Å². The van der Waals surface area contributed by atoms with Crippen LogP contribution in [0.25, 0.3) is 0 Å². The number of amides is 1. The molecule has 1 N–H and O–H groups in total. The van der Waals surface area contributed by atoms with Gasteiger partial charge in [0.1, 0.15) is 17.3 Å². The molecule has 126 valence electrons. The summed E-state index contributed by atoms with van der Waals surface area (Å²) in [4.78, 5) is 23.6. The Labute approximate surface area is 143 Å². The Bertz CT molecular complexity index is 779. The summed E-state index contributed by atoms with van der Waals surface area (Å²) < 4.78 is 0. The Morgan fingerprint density at radius 1 is 1.25 bits per heavy atom. The molecular formula is C19H24N4O. The van der Waals surface area contributed by atoms with Crippen molar-refractivity contribution < 1.29 is 4.79 Å². The van der Waals surface area contributed by atoms with Crippen molar-refractivity contribution in [1.29, 1.82) is 0 Å². The van der Waals surface area contributed by atoms with E-state index in [-0.39, 0.29) is 11.4 Å². The molecule has 1 unspecified atom stereocenters. The molecule has 1 aliphatic heterocycles. The second kappa shape index (κ2) is 5.89. The number of anilines is 2. The smallest absolute Gasteiger partial charge is 0.270 e. The predicted octanol–water partition coefficient (Wildman–Crippen LogP) is 3.40. The molecule has 0 radical (unpaired) electrons. The van der Waals surface area contributed by atoms with E-state index < -0.39 is 0 Å². The van der Waals surface area contributed by atoms with Crippen LogP contribution in [-0.4, -0.2) is 27.5 Å². The first kappa shape index (κ1) is 16.4. The van der Waals surface area contributed by atoms with E-state index in [9.17, 15) is 4.79 Å². The van der Waals surface area contributed by atoms with Crippen LogP contribution < -0.4 is 10.2 Å². The molecule has 3 rings (SSSR count). The fourth-order valence-corrected chi connectivity index (χ4v) is 3.11. The lowest BCUT2D eigenvalue weighted by molar-refractivity contribution is 0.0914. The number of fused-ring (bicyclic) bond motifs is 1. The summed E-state index contributed by atoms with van der Waals surface area (Å²) in [5, 5.41) is 2.96. The van der Waals surface area contributed by atoms with Crippen LogP contribution in [0.15, 0.2) is 30.3 Å². The van der Waals surface area contributed by atoms with Crippen LogP contribution in [0.3, 0.4) is 0 Å². The molecule has 0 bridgehead atoms. The number of nitrogens with zero attached hydrogens (tertiary/aromatic N) is 3. The van der Waals surface area contributed by atoms with Gasteiger partial charge in [-0.2, -0.15) is 0 Å². The fraction of sp³-hybridized carbons (Fsp3) is 0.421. The zero-order chi connectivity index (χ0) is 17.5. The molecule has 1 aromatic carbocycles. The van der Waals surface area contributed by atoms with Crippen LogP contribution in [0.1, 0.15) is 49.6 Å². The summed E-state index contributed by atoms with van der Waals surface area (Å²) in [7, 11) is 0. The number of benzene rings is 1. The van der Waals surface area contributed by atoms with Gasteiger partial charge in [-0.15, -0.1) is 0 Å². The normalized spacial score (nSPS) is 16.9. The van der Waals surface area contributed by atoms with Crippen LogP contribution in [0.5, 0.6) is 0 Å². The lowest BCUT2D eigenvalue weighted by atomic mass is 10.1. The third-order valence-electron chi connectivity index (χ3n) is 4.00. The summed E-state index contributed by atoms with van der Waals surface area (Å²) in [5.74, 6) is 1.21. The summed E-state index contributed by atoms with van der Waals surface area (Å²) in [5.41, 5.74) is 2.57. The molecule has 24 heavy (non-hydrogen) atoms. The SMILES string of the molecule is Cc1nc(C(=O)NC(C)(C)C)cc(N2c3ccccc3CC2C)n1. The molecule has 5 heteroatoms. The van der Waals surface area contributed by atoms with Gasteiger partial charge < -0.3 is 10.2 Å². The van der Waals surface area contributed by atoms with Crippen LogP contribution >= 0.6 is 0 Å². The number of carbonyl (C=O) groups excluding carboxylic acids is 1. The monoisotopic (exact) mass is 324 g/mol. The minimum atomic E-state index is -0.302. The fourth-order valence-electron chi connectivity index (χ4n) is 3.11. The third kappa shape index (κ3) is 3.25. The lowest BCUT2D eigenvalue weighted by Gasteiger charge is -2.25. The summed E-state index contributed by atoms with van der Waals surface area (Å²) >= 11 is 0. The standard InChI is InChI=1S/C19H24N4O/c1-12-10-14-8-6-7-9-16(14)23(12)17-11-15(20-13(2)21-17)18(24)22-19(3,4)5/h6-9,11-12H,10H2,1-5H3,(H,22,24). The van der Waals surface area contributed by atoms with E-state index in [0.717, 1.165) is 17.9 Å². The Balaban J connectivity index is 1.99. The maximum absolute atomic E-state index is 12.5. The minimum absolute atomic E-state index is 0.172. The van der Waals surface area contributed by atoms with E-state index in [4.69, 9.17) is 0 Å². The molecule has 1 atom stereocenters. The van der Waals surface area contributed by atoms with Crippen molar-refractivity contribution >= 4 is 17.4 Å². The highest BCUT2D eigenvalue weighted by atomic mass is 16.2. The molecule has 0 saturated carbocycles. The molecule has 2 aromatic rings. The van der Waals surface area contributed by atoms with Gasteiger partial charge in [0.2, 0.25) is 0 Å². The second-order valence-electron chi connectivity index (χ2n) is 7.41. The van der Waals surface area contributed by atoms with Crippen molar-refractivity contribution in [3.05, 3.63) is 47.4 Å². The predicted molar refractivity (Wildman–Crippen MR) is 95.7 cm³/mol. The van der Waals surface area contributed by atoms with E-state index in [1.165, 1.54) is 5.56 Å². The average molecular weight is 324 g/mol. The first-order chi connectivity index (χ1) is 11.2. The molecule has 1 aromatic heterocycles. The van der Waals surface area contributed by atoms with Crippen LogP contribution in [0.4, 0.5) is 11.5 Å². The molecule has 0 fully saturated rings. The van der Waals surface area contributed by atoms with Crippen molar-refractivity contribution in [1.82, 2.24) is 15.3 Å². The largest absolute Gasteiger partial charge is 0.346 e. The van der Waals surface area contributed by atoms with Gasteiger partial charge in [0.25, 0.3) is 5.91 Å². The molecule has 0 saturated heterocycles. The zero-order valence-corrected chi connectivity index (χ0v) is 14.9. The molecular weight excluding hydrogens is 300 g/mol. The molecule has 1 aliphatic rings. The van der Waals surface area contributed by atoms with Gasteiger partial charge in [0, 0.05) is 23.3 Å². The molecule has 1 amide bonds. The minimum Gasteiger partial charge on any atom is -0.346 e. The molecule has 5 nitrogen and oxygen atoms in total. The number of nitrogens with one attached hydrogen (secondary N) is 1. The highest BCUT2D eigenvalue weighted by Crippen LogP contribution is 2.37. The number of aryl methyl sites for hydroxylation is 1. The topological polar surface area (TPSA) is 58.1 Å². The van der Waals surface area contributed by atoms with Gasteiger partial charge >= 0.3 is 0 Å². The number of para-hydroxylation sites is 1. The molecule has 0 aliphatic carbocycles. The first-order valence-electron chi connectivity index (χ1n) is 8.30. The van der Waals surface area contributed by atoms with Gasteiger partial charge in [-0.1, -0.05) is 18.2 Å². The number of hydrogen-bond acceptors (Lipinski definition) is 4. The van der Waals surface area contributed by atoms with Gasteiger partial charge in [-0.3, -0.25) is 4.79 Å². The maximum atomic E-state index is 12.5. The highest BCUT2D eigenvalue weighted by molar-refractivity contribution is 5.93. The maximum Gasteiger partial charge on any atom is 0.270 e. The zero-order valence-electron chi connectivity index (χ0n) is 14.9. The van der Waals surface area contributed by atoms with Crippen LogP contribution in [0.2, 0.25) is 0 Å². The van der Waals surface area contributed by atoms with E-state index in [1.807, 2.05) is 33.8 Å². The molecule has 0 spiro atoms. The van der Waals surface area contributed by atoms with E-state index in [1.54, 1.807) is 6.07 Å². The number of hydrogen-bond donors (Lipinski definition) is 1. The van der Waals surface area contributed by atoms with Crippen LogP contribution in [0, 0.1) is 6.92 Å². The number of rotatable bonds is 2. The Hall–Kier alpha value is -2.43. The Morgan fingerprint density at radius 3 is 2.67 bits per heavy atom. The lowest BCUT2D eigenvalue weighted by Crippen LogP contribution is -2.41. The van der Waals surface area contributed by atoms with Crippen molar-refractivity contribution in [2.24, 2.45) is 0 Å². The third-order valence-corrected chi connectivity index (χ3v) is 4.00. The van der Waals surface area contributed by atoms with E-state index in [2.05, 4.69) is 45.3 Å².